The van der Waals surface area contributed by atoms with Crippen LogP contribution in [-0.4, -0.2) is 0 Å². The highest BCUT2D eigenvalue weighted by atomic mass is 35.5. The Morgan fingerprint density at radius 2 is 2.21 bits per heavy atom. The Kier molecular flexibility index (Phi) is 5.86. The van der Waals surface area contributed by atoms with E-state index in [-0.39, 0.29) is 18.4 Å². The van der Waals surface area contributed by atoms with Crippen molar-refractivity contribution in [1.29, 1.82) is 0 Å². The zero-order chi connectivity index (χ0) is 9.84. The molecule has 0 amide bonds. The van der Waals surface area contributed by atoms with Gasteiger partial charge < -0.3 is 5.73 Å². The lowest BCUT2D eigenvalue weighted by molar-refractivity contribution is 0.717. The van der Waals surface area contributed by atoms with Crippen LogP contribution in [0.3, 0.4) is 0 Å². The van der Waals surface area contributed by atoms with Crippen molar-refractivity contribution in [3.8, 4) is 0 Å². The first-order chi connectivity index (χ1) is 6.09. The van der Waals surface area contributed by atoms with Gasteiger partial charge in [0.05, 0.1) is 0 Å². The Morgan fingerprint density at radius 1 is 1.57 bits per heavy atom. The third kappa shape index (κ3) is 4.14. The molecule has 0 aliphatic rings. The number of hydrogen-bond donors (Lipinski definition) is 1. The van der Waals surface area contributed by atoms with Crippen LogP contribution in [0, 0.1) is 0 Å². The van der Waals surface area contributed by atoms with E-state index in [1.165, 1.54) is 0 Å². The van der Waals surface area contributed by atoms with Crippen LogP contribution >= 0.6 is 24.0 Å². The van der Waals surface area contributed by atoms with Crippen LogP contribution < -0.4 is 5.73 Å². The molecule has 1 atom stereocenters. The van der Waals surface area contributed by atoms with Crippen LogP contribution in [0.1, 0.15) is 24.9 Å². The highest BCUT2D eigenvalue weighted by molar-refractivity contribution is 6.30. The van der Waals surface area contributed by atoms with Gasteiger partial charge in [-0.05, 0) is 31.0 Å². The van der Waals surface area contributed by atoms with Gasteiger partial charge in [-0.15, -0.1) is 19.0 Å². The quantitative estimate of drug-likeness (QED) is 0.789. The van der Waals surface area contributed by atoms with Crippen LogP contribution in [-0.2, 0) is 0 Å². The van der Waals surface area contributed by atoms with Crippen LogP contribution in [0.15, 0.2) is 36.4 Å². The highest BCUT2D eigenvalue weighted by Gasteiger charge is 2.05. The molecule has 1 aromatic rings. The lowest BCUT2D eigenvalue weighted by atomic mass is 10.0. The minimum atomic E-state index is 0. The van der Waals surface area contributed by atoms with Gasteiger partial charge in [-0.2, -0.15) is 0 Å². The van der Waals surface area contributed by atoms with Crippen LogP contribution in [0.25, 0.3) is 0 Å². The molecule has 0 aliphatic heterocycles. The van der Waals surface area contributed by atoms with E-state index in [0.717, 1.165) is 22.6 Å². The van der Waals surface area contributed by atoms with Gasteiger partial charge in [0.15, 0.2) is 0 Å². The van der Waals surface area contributed by atoms with Crippen molar-refractivity contribution in [1.82, 2.24) is 0 Å². The van der Waals surface area contributed by atoms with Crippen molar-refractivity contribution < 1.29 is 0 Å². The van der Waals surface area contributed by atoms with E-state index in [1.54, 1.807) is 0 Å². The average molecular weight is 232 g/mol. The normalized spacial score (nSPS) is 11.6. The second kappa shape index (κ2) is 6.07. The number of nitrogens with two attached hydrogens (primary N) is 1. The standard InChI is InChI=1S/C11H14ClN.ClH/c1-8(2)6-11(13)9-4-3-5-10(12)7-9;/h3-5,7,11H,1,6,13H2,2H3;1H/t11-;/m1./s1. The van der Waals surface area contributed by atoms with Crippen molar-refractivity contribution >= 4 is 24.0 Å². The summed E-state index contributed by atoms with van der Waals surface area (Å²) >= 11 is 5.85. The van der Waals surface area contributed by atoms with Gasteiger partial charge in [-0.3, -0.25) is 0 Å². The predicted molar refractivity (Wildman–Crippen MR) is 65.1 cm³/mol. The third-order valence-corrected chi connectivity index (χ3v) is 2.08. The number of halogens is 2. The molecule has 0 unspecified atom stereocenters. The Labute approximate surface area is 96.4 Å². The van der Waals surface area contributed by atoms with Gasteiger partial charge in [0.25, 0.3) is 0 Å². The van der Waals surface area contributed by atoms with Crippen LogP contribution in [0.5, 0.6) is 0 Å². The van der Waals surface area contributed by atoms with Crippen molar-refractivity contribution in [3.05, 3.63) is 47.0 Å². The number of hydrogen-bond acceptors (Lipinski definition) is 1. The van der Waals surface area contributed by atoms with Crippen molar-refractivity contribution in [2.45, 2.75) is 19.4 Å². The first kappa shape index (κ1) is 13.5. The highest BCUT2D eigenvalue weighted by Crippen LogP contribution is 2.20. The van der Waals surface area contributed by atoms with E-state index in [2.05, 4.69) is 6.58 Å². The van der Waals surface area contributed by atoms with Crippen LogP contribution in [0.2, 0.25) is 5.02 Å². The first-order valence-electron chi connectivity index (χ1n) is 4.25. The molecule has 0 heterocycles. The van der Waals surface area contributed by atoms with Crippen molar-refractivity contribution in [2.75, 3.05) is 0 Å². The fourth-order valence-electron chi connectivity index (χ4n) is 1.23. The largest absolute Gasteiger partial charge is 0.324 e. The fourth-order valence-corrected chi connectivity index (χ4v) is 1.43. The SMILES string of the molecule is C=C(C)C[C@@H](N)c1cccc(Cl)c1.Cl. The molecule has 3 heteroatoms. The predicted octanol–water partition coefficient (Wildman–Crippen LogP) is 3.73. The summed E-state index contributed by atoms with van der Waals surface area (Å²) in [7, 11) is 0. The van der Waals surface area contributed by atoms with Gasteiger partial charge in [-0.25, -0.2) is 0 Å². The van der Waals surface area contributed by atoms with E-state index in [0.29, 0.717) is 0 Å². The molecule has 0 bridgehead atoms. The monoisotopic (exact) mass is 231 g/mol. The van der Waals surface area contributed by atoms with Gasteiger partial charge in [0.1, 0.15) is 0 Å². The van der Waals surface area contributed by atoms with E-state index in [9.17, 15) is 0 Å². The summed E-state index contributed by atoms with van der Waals surface area (Å²) in [5.74, 6) is 0. The number of rotatable bonds is 3. The Bertz CT molecular complexity index is 310. The maximum atomic E-state index is 5.95. The molecule has 0 aliphatic carbocycles. The Balaban J connectivity index is 0.00000169. The summed E-state index contributed by atoms with van der Waals surface area (Å²) < 4.78 is 0. The summed E-state index contributed by atoms with van der Waals surface area (Å²) in [5.41, 5.74) is 8.10. The smallest absolute Gasteiger partial charge is 0.0409 e. The molecule has 0 radical (unpaired) electrons. The first-order valence-corrected chi connectivity index (χ1v) is 4.63. The molecule has 14 heavy (non-hydrogen) atoms. The molecular weight excluding hydrogens is 217 g/mol. The molecule has 0 saturated heterocycles. The summed E-state index contributed by atoms with van der Waals surface area (Å²) in [6.07, 6.45) is 0.806. The zero-order valence-corrected chi connectivity index (χ0v) is 9.74. The molecule has 1 aromatic carbocycles. The summed E-state index contributed by atoms with van der Waals surface area (Å²) in [6.45, 7) is 5.81. The summed E-state index contributed by atoms with van der Waals surface area (Å²) in [6, 6.07) is 7.65. The lowest BCUT2D eigenvalue weighted by Crippen LogP contribution is -2.10. The number of benzene rings is 1. The maximum Gasteiger partial charge on any atom is 0.0409 e. The molecule has 0 spiro atoms. The van der Waals surface area contributed by atoms with E-state index < -0.39 is 0 Å². The molecule has 0 aromatic heterocycles. The third-order valence-electron chi connectivity index (χ3n) is 1.85. The molecule has 1 rings (SSSR count). The molecular formula is C11H15Cl2N. The molecule has 78 valence electrons. The topological polar surface area (TPSA) is 26.0 Å². The molecule has 1 nitrogen and oxygen atoms in total. The minimum Gasteiger partial charge on any atom is -0.324 e. The van der Waals surface area contributed by atoms with Crippen molar-refractivity contribution in [3.63, 3.8) is 0 Å². The van der Waals surface area contributed by atoms with E-state index in [4.69, 9.17) is 17.3 Å². The Morgan fingerprint density at radius 3 is 2.71 bits per heavy atom. The molecule has 0 fully saturated rings. The van der Waals surface area contributed by atoms with E-state index >= 15 is 0 Å². The second-order valence-corrected chi connectivity index (χ2v) is 3.76. The fraction of sp³-hybridized carbons (Fsp3) is 0.273. The van der Waals surface area contributed by atoms with Crippen LogP contribution in [0.4, 0.5) is 0 Å². The lowest BCUT2D eigenvalue weighted by Gasteiger charge is -2.11. The average Bonchev–Trinajstić information content (AvgIpc) is 2.03. The molecule has 0 saturated carbocycles. The van der Waals surface area contributed by atoms with Gasteiger partial charge in [-0.1, -0.05) is 29.3 Å². The second-order valence-electron chi connectivity index (χ2n) is 3.32. The Hall–Kier alpha value is -0.500. The van der Waals surface area contributed by atoms with Crippen molar-refractivity contribution in [2.24, 2.45) is 5.73 Å². The van der Waals surface area contributed by atoms with Gasteiger partial charge in [0.2, 0.25) is 0 Å². The summed E-state index contributed by atoms with van der Waals surface area (Å²) in [4.78, 5) is 0. The van der Waals surface area contributed by atoms with Gasteiger partial charge in [0, 0.05) is 11.1 Å². The minimum absolute atomic E-state index is 0. The molecule has 2 N–H and O–H groups in total. The maximum absolute atomic E-state index is 5.95. The van der Waals surface area contributed by atoms with E-state index in [1.807, 2.05) is 31.2 Å². The van der Waals surface area contributed by atoms with Gasteiger partial charge >= 0.3 is 0 Å². The zero-order valence-electron chi connectivity index (χ0n) is 8.16. The summed E-state index contributed by atoms with van der Waals surface area (Å²) in [5, 5.41) is 0.731.